The van der Waals surface area contributed by atoms with Crippen molar-refractivity contribution in [2.45, 2.75) is 45.3 Å². The Labute approximate surface area is 92.0 Å². The molecule has 15 heavy (non-hydrogen) atoms. The highest BCUT2D eigenvalue weighted by Gasteiger charge is 2.37. The number of nitrogens with one attached hydrogen (secondary N) is 1. The van der Waals surface area contributed by atoms with Gasteiger partial charge in [0, 0.05) is 13.6 Å². The van der Waals surface area contributed by atoms with E-state index in [2.05, 4.69) is 12.2 Å². The van der Waals surface area contributed by atoms with E-state index < -0.39 is 5.60 Å². The van der Waals surface area contributed by atoms with E-state index in [1.807, 2.05) is 20.8 Å². The first kappa shape index (κ1) is 12.3. The highest BCUT2D eigenvalue weighted by molar-refractivity contribution is 5.69. The van der Waals surface area contributed by atoms with Crippen molar-refractivity contribution in [2.24, 2.45) is 0 Å². The zero-order valence-electron chi connectivity index (χ0n) is 10.4. The van der Waals surface area contributed by atoms with Gasteiger partial charge in [0.2, 0.25) is 0 Å². The highest BCUT2D eigenvalue weighted by Crippen LogP contribution is 2.23. The fourth-order valence-electron chi connectivity index (χ4n) is 1.64. The Balaban J connectivity index is 2.60. The van der Waals surface area contributed by atoms with Gasteiger partial charge in [0.15, 0.2) is 0 Å². The second-order valence-corrected chi connectivity index (χ2v) is 5.46. The molecular weight excluding hydrogens is 192 g/mol. The molecule has 1 fully saturated rings. The van der Waals surface area contributed by atoms with Gasteiger partial charge in [-0.05, 0) is 40.7 Å². The molecule has 0 saturated carbocycles. The summed E-state index contributed by atoms with van der Waals surface area (Å²) in [5.41, 5.74) is -0.532. The number of hydrogen-bond donors (Lipinski definition) is 1. The zero-order valence-corrected chi connectivity index (χ0v) is 10.4. The lowest BCUT2D eigenvalue weighted by Crippen LogP contribution is -2.50. The third kappa shape index (κ3) is 3.09. The van der Waals surface area contributed by atoms with Crippen LogP contribution < -0.4 is 5.32 Å². The van der Waals surface area contributed by atoms with Crippen LogP contribution in [0.15, 0.2) is 0 Å². The molecule has 0 unspecified atom stereocenters. The molecule has 1 aliphatic heterocycles. The molecule has 0 aromatic carbocycles. The molecule has 1 rings (SSSR count). The maximum atomic E-state index is 11.8. The van der Waals surface area contributed by atoms with Crippen molar-refractivity contribution in [3.8, 4) is 0 Å². The lowest BCUT2D eigenvalue weighted by Gasteiger charge is -2.35. The smallest absolute Gasteiger partial charge is 0.410 e. The molecule has 1 saturated heterocycles. The molecule has 1 atom stereocenters. The minimum atomic E-state index is -0.423. The van der Waals surface area contributed by atoms with Gasteiger partial charge in [0.25, 0.3) is 0 Å². The minimum absolute atomic E-state index is 0.109. The summed E-state index contributed by atoms with van der Waals surface area (Å²) in [4.78, 5) is 13.5. The first-order chi connectivity index (χ1) is 6.75. The molecule has 0 spiro atoms. The van der Waals surface area contributed by atoms with Crippen molar-refractivity contribution in [3.05, 3.63) is 0 Å². The highest BCUT2D eigenvalue weighted by atomic mass is 16.6. The van der Waals surface area contributed by atoms with Gasteiger partial charge in [0.1, 0.15) is 5.60 Å². The summed E-state index contributed by atoms with van der Waals surface area (Å²) in [6, 6.07) is 0. The van der Waals surface area contributed by atoms with E-state index in [0.29, 0.717) is 0 Å². The summed E-state index contributed by atoms with van der Waals surface area (Å²) in [6.45, 7) is 9.53. The zero-order chi connectivity index (χ0) is 11.7. The standard InChI is InChI=1S/C11H22N2O2/c1-10(2,3)15-9(14)13(5)11(4)6-7-12-8-11/h12H,6-8H2,1-5H3/t11-/m0/s1. The Morgan fingerprint density at radius 1 is 1.47 bits per heavy atom. The molecule has 0 aliphatic carbocycles. The van der Waals surface area contributed by atoms with Crippen LogP contribution in [0.2, 0.25) is 0 Å². The molecule has 4 nitrogen and oxygen atoms in total. The van der Waals surface area contributed by atoms with Crippen LogP contribution in [0.4, 0.5) is 4.79 Å². The Hall–Kier alpha value is -0.770. The summed E-state index contributed by atoms with van der Waals surface area (Å²) >= 11 is 0. The van der Waals surface area contributed by atoms with E-state index in [1.165, 1.54) is 0 Å². The molecule has 4 heteroatoms. The number of likely N-dealkylation sites (N-methyl/N-ethyl adjacent to an activating group) is 1. The van der Waals surface area contributed by atoms with Crippen molar-refractivity contribution in [1.29, 1.82) is 0 Å². The molecule has 0 aromatic rings. The van der Waals surface area contributed by atoms with Crippen LogP contribution in [0.1, 0.15) is 34.1 Å². The number of ether oxygens (including phenoxy) is 1. The maximum Gasteiger partial charge on any atom is 0.410 e. The molecule has 0 radical (unpaired) electrons. The van der Waals surface area contributed by atoms with Crippen LogP contribution in [0.25, 0.3) is 0 Å². The summed E-state index contributed by atoms with van der Waals surface area (Å²) < 4.78 is 5.34. The van der Waals surface area contributed by atoms with Gasteiger partial charge in [-0.2, -0.15) is 0 Å². The second-order valence-electron chi connectivity index (χ2n) is 5.46. The molecular formula is C11H22N2O2. The number of nitrogens with zero attached hydrogens (tertiary/aromatic N) is 1. The summed E-state index contributed by atoms with van der Waals surface area (Å²) in [7, 11) is 1.81. The molecule has 0 aromatic heterocycles. The van der Waals surface area contributed by atoms with E-state index in [9.17, 15) is 4.79 Å². The monoisotopic (exact) mass is 214 g/mol. The van der Waals surface area contributed by atoms with Crippen LogP contribution in [0.5, 0.6) is 0 Å². The van der Waals surface area contributed by atoms with E-state index in [4.69, 9.17) is 4.74 Å². The maximum absolute atomic E-state index is 11.8. The van der Waals surface area contributed by atoms with Crippen LogP contribution >= 0.6 is 0 Å². The first-order valence-electron chi connectivity index (χ1n) is 5.42. The number of carbonyl (C=O) groups is 1. The Morgan fingerprint density at radius 3 is 2.47 bits per heavy atom. The molecule has 1 heterocycles. The third-order valence-electron chi connectivity index (χ3n) is 2.82. The van der Waals surface area contributed by atoms with Crippen molar-refractivity contribution < 1.29 is 9.53 Å². The average Bonchev–Trinajstić information content (AvgIpc) is 2.49. The Morgan fingerprint density at radius 2 is 2.07 bits per heavy atom. The minimum Gasteiger partial charge on any atom is -0.444 e. The molecule has 1 amide bonds. The van der Waals surface area contributed by atoms with Crippen LogP contribution in [0, 0.1) is 0 Å². The SMILES string of the molecule is CN(C(=O)OC(C)(C)C)[C@@]1(C)CCNC1. The molecule has 0 bridgehead atoms. The average molecular weight is 214 g/mol. The van der Waals surface area contributed by atoms with E-state index >= 15 is 0 Å². The number of rotatable bonds is 1. The van der Waals surface area contributed by atoms with E-state index in [0.717, 1.165) is 19.5 Å². The third-order valence-corrected chi connectivity index (χ3v) is 2.82. The van der Waals surface area contributed by atoms with Crippen LogP contribution in [-0.2, 0) is 4.74 Å². The van der Waals surface area contributed by atoms with Crippen LogP contribution in [0.3, 0.4) is 0 Å². The lowest BCUT2D eigenvalue weighted by molar-refractivity contribution is 0.0113. The Kier molecular flexibility index (Phi) is 3.28. The summed E-state index contributed by atoms with van der Waals surface area (Å²) in [5, 5.41) is 3.26. The van der Waals surface area contributed by atoms with Gasteiger partial charge in [0.05, 0.1) is 5.54 Å². The van der Waals surface area contributed by atoms with Gasteiger partial charge < -0.3 is 15.0 Å². The van der Waals surface area contributed by atoms with Crippen molar-refractivity contribution in [2.75, 3.05) is 20.1 Å². The number of carbonyl (C=O) groups excluding carboxylic acids is 1. The molecule has 1 N–H and O–H groups in total. The second kappa shape index (κ2) is 4.00. The topological polar surface area (TPSA) is 41.6 Å². The summed E-state index contributed by atoms with van der Waals surface area (Å²) in [5.74, 6) is 0. The van der Waals surface area contributed by atoms with Crippen molar-refractivity contribution in [3.63, 3.8) is 0 Å². The molecule has 1 aliphatic rings. The van der Waals surface area contributed by atoms with Gasteiger partial charge in [-0.3, -0.25) is 0 Å². The van der Waals surface area contributed by atoms with Crippen molar-refractivity contribution in [1.82, 2.24) is 10.2 Å². The predicted octanol–water partition coefficient (Wildman–Crippen LogP) is 1.61. The number of hydrogen-bond acceptors (Lipinski definition) is 3. The molecule has 88 valence electrons. The first-order valence-corrected chi connectivity index (χ1v) is 5.42. The largest absolute Gasteiger partial charge is 0.444 e. The fourth-order valence-corrected chi connectivity index (χ4v) is 1.64. The van der Waals surface area contributed by atoms with Gasteiger partial charge in [-0.25, -0.2) is 4.79 Å². The fraction of sp³-hybridized carbons (Fsp3) is 0.909. The van der Waals surface area contributed by atoms with Gasteiger partial charge >= 0.3 is 6.09 Å². The quantitative estimate of drug-likeness (QED) is 0.721. The number of amides is 1. The lowest BCUT2D eigenvalue weighted by atomic mass is 10.0. The predicted molar refractivity (Wildman–Crippen MR) is 59.9 cm³/mol. The van der Waals surface area contributed by atoms with Gasteiger partial charge in [-0.1, -0.05) is 0 Å². The Bertz CT molecular complexity index is 239. The van der Waals surface area contributed by atoms with E-state index in [1.54, 1.807) is 11.9 Å². The van der Waals surface area contributed by atoms with Gasteiger partial charge in [-0.15, -0.1) is 0 Å². The van der Waals surface area contributed by atoms with Crippen molar-refractivity contribution >= 4 is 6.09 Å². The van der Waals surface area contributed by atoms with Crippen LogP contribution in [-0.4, -0.2) is 42.3 Å². The van der Waals surface area contributed by atoms with E-state index in [-0.39, 0.29) is 11.6 Å². The normalized spacial score (nSPS) is 26.5. The summed E-state index contributed by atoms with van der Waals surface area (Å²) in [6.07, 6.45) is 0.733.